The number of ether oxygens (including phenoxy) is 1. The van der Waals surface area contributed by atoms with Crippen LogP contribution in [-0.2, 0) is 20.9 Å². The summed E-state index contributed by atoms with van der Waals surface area (Å²) in [5, 5.41) is 11.9. The number of carbonyl (C=O) groups is 3. The van der Waals surface area contributed by atoms with Crippen LogP contribution in [0.1, 0.15) is 55.2 Å². The van der Waals surface area contributed by atoms with Gasteiger partial charge >= 0.3 is 12.1 Å². The van der Waals surface area contributed by atoms with Gasteiger partial charge in [-0.25, -0.2) is 4.79 Å². The summed E-state index contributed by atoms with van der Waals surface area (Å²) in [6.45, 7) is 2.68. The maximum atomic E-state index is 12.8. The molecule has 3 aromatic rings. The van der Waals surface area contributed by atoms with Gasteiger partial charge in [0.25, 0.3) is 0 Å². The van der Waals surface area contributed by atoms with Crippen molar-refractivity contribution in [1.82, 2.24) is 10.2 Å². The first-order valence-electron chi connectivity index (χ1n) is 13.1. The van der Waals surface area contributed by atoms with E-state index < -0.39 is 12.1 Å². The molecule has 7 nitrogen and oxygen atoms in total. The maximum Gasteiger partial charge on any atom is 0.407 e. The molecule has 1 aliphatic rings. The molecule has 0 saturated carbocycles. The molecule has 0 saturated heterocycles. The summed E-state index contributed by atoms with van der Waals surface area (Å²) in [6, 6.07) is 25.8. The highest BCUT2D eigenvalue weighted by molar-refractivity contribution is 5.79. The van der Waals surface area contributed by atoms with Crippen molar-refractivity contribution < 1.29 is 24.2 Å². The van der Waals surface area contributed by atoms with E-state index in [1.807, 2.05) is 61.5 Å². The third-order valence-electron chi connectivity index (χ3n) is 6.90. The average molecular weight is 515 g/mol. The van der Waals surface area contributed by atoms with Crippen molar-refractivity contribution in [2.24, 2.45) is 0 Å². The van der Waals surface area contributed by atoms with Gasteiger partial charge in [-0.3, -0.25) is 9.59 Å². The number of rotatable bonds is 12. The van der Waals surface area contributed by atoms with Gasteiger partial charge < -0.3 is 20.1 Å². The normalized spacial score (nSPS) is 12.8. The molecule has 38 heavy (non-hydrogen) atoms. The Morgan fingerprint density at radius 3 is 2.13 bits per heavy atom. The van der Waals surface area contributed by atoms with E-state index in [0.717, 1.165) is 16.7 Å². The Bertz CT molecular complexity index is 1210. The van der Waals surface area contributed by atoms with Crippen molar-refractivity contribution in [1.29, 1.82) is 0 Å². The van der Waals surface area contributed by atoms with Crippen LogP contribution in [-0.4, -0.2) is 47.2 Å². The van der Waals surface area contributed by atoms with Crippen LogP contribution < -0.4 is 5.32 Å². The van der Waals surface area contributed by atoms with E-state index in [-0.39, 0.29) is 43.9 Å². The number of amides is 2. The molecule has 0 spiro atoms. The highest BCUT2D eigenvalue weighted by Crippen LogP contribution is 2.44. The Labute approximate surface area is 223 Å². The number of nitrogens with one attached hydrogen (secondary N) is 1. The minimum Gasteiger partial charge on any atom is -0.481 e. The number of carboxylic acid groups (broad SMARTS) is 1. The third-order valence-corrected chi connectivity index (χ3v) is 6.90. The summed E-state index contributed by atoms with van der Waals surface area (Å²) < 4.78 is 5.62. The lowest BCUT2D eigenvalue weighted by Gasteiger charge is -2.23. The van der Waals surface area contributed by atoms with Crippen molar-refractivity contribution in [3.63, 3.8) is 0 Å². The van der Waals surface area contributed by atoms with E-state index >= 15 is 0 Å². The largest absolute Gasteiger partial charge is 0.481 e. The Morgan fingerprint density at radius 2 is 1.50 bits per heavy atom. The zero-order valence-corrected chi connectivity index (χ0v) is 21.6. The first kappa shape index (κ1) is 26.9. The Kier molecular flexibility index (Phi) is 9.14. The van der Waals surface area contributed by atoms with E-state index in [0.29, 0.717) is 19.4 Å². The molecule has 198 valence electrons. The molecule has 1 aliphatic carbocycles. The SMILES string of the molecule is CC(CCCC(=O)N(CCC(=O)O)Cc1ccccc1)NC(=O)OCC1c2ccccc2-c2ccccc21. The van der Waals surface area contributed by atoms with Gasteiger partial charge in [0.2, 0.25) is 5.91 Å². The predicted octanol–water partition coefficient (Wildman–Crippen LogP) is 5.59. The lowest BCUT2D eigenvalue weighted by Crippen LogP contribution is -2.35. The summed E-state index contributed by atoms with van der Waals surface area (Å²) in [7, 11) is 0. The van der Waals surface area contributed by atoms with E-state index in [1.165, 1.54) is 11.1 Å². The standard InChI is InChI=1S/C31H34N2O5/c1-22(10-9-17-29(34)33(19-18-30(35)36)20-23-11-3-2-4-12-23)32-31(37)38-21-28-26-15-7-5-13-24(26)25-14-6-8-16-27(25)28/h2-8,11-16,22,28H,9-10,17-21H2,1H3,(H,32,37)(H,35,36). The lowest BCUT2D eigenvalue weighted by atomic mass is 9.98. The number of hydrogen-bond acceptors (Lipinski definition) is 4. The minimum absolute atomic E-state index is 0.00229. The number of fused-ring (bicyclic) bond motifs is 3. The van der Waals surface area contributed by atoms with E-state index in [1.54, 1.807) is 4.90 Å². The van der Waals surface area contributed by atoms with Crippen molar-refractivity contribution in [3.05, 3.63) is 95.6 Å². The molecule has 0 heterocycles. The highest BCUT2D eigenvalue weighted by Gasteiger charge is 2.29. The molecular weight excluding hydrogens is 480 g/mol. The van der Waals surface area contributed by atoms with Gasteiger partial charge in [0.1, 0.15) is 6.61 Å². The van der Waals surface area contributed by atoms with Gasteiger partial charge in [0.15, 0.2) is 0 Å². The molecule has 2 N–H and O–H groups in total. The second-order valence-electron chi connectivity index (χ2n) is 9.71. The van der Waals surface area contributed by atoms with Crippen molar-refractivity contribution >= 4 is 18.0 Å². The molecule has 7 heteroatoms. The van der Waals surface area contributed by atoms with Crippen LogP contribution in [0.3, 0.4) is 0 Å². The molecule has 3 aromatic carbocycles. The number of alkyl carbamates (subject to hydrolysis) is 1. The second-order valence-corrected chi connectivity index (χ2v) is 9.71. The molecule has 0 aromatic heterocycles. The fourth-order valence-electron chi connectivity index (χ4n) is 4.96. The lowest BCUT2D eigenvalue weighted by molar-refractivity contribution is -0.138. The molecule has 1 unspecified atom stereocenters. The number of benzene rings is 3. The number of nitrogens with zero attached hydrogens (tertiary/aromatic N) is 1. The summed E-state index contributed by atoms with van der Waals surface area (Å²) in [6.07, 6.45) is 0.884. The number of carboxylic acids is 1. The van der Waals surface area contributed by atoms with Crippen molar-refractivity contribution in [2.75, 3.05) is 13.2 Å². The molecule has 1 atom stereocenters. The van der Waals surface area contributed by atoms with Crippen LogP contribution in [0, 0.1) is 0 Å². The quantitative estimate of drug-likeness (QED) is 0.329. The zero-order chi connectivity index (χ0) is 26.9. The summed E-state index contributed by atoms with van der Waals surface area (Å²) in [5.41, 5.74) is 5.64. The fraction of sp³-hybridized carbons (Fsp3) is 0.323. The Morgan fingerprint density at radius 1 is 0.895 bits per heavy atom. The van der Waals surface area contributed by atoms with Crippen LogP contribution >= 0.6 is 0 Å². The van der Waals surface area contributed by atoms with E-state index in [2.05, 4.69) is 29.6 Å². The van der Waals surface area contributed by atoms with Gasteiger partial charge in [0.05, 0.1) is 6.42 Å². The third kappa shape index (κ3) is 7.00. The number of aliphatic carboxylic acids is 1. The highest BCUT2D eigenvalue weighted by atomic mass is 16.5. The van der Waals surface area contributed by atoms with Crippen molar-refractivity contribution in [2.45, 2.75) is 51.1 Å². The number of carbonyl (C=O) groups excluding carboxylic acids is 2. The van der Waals surface area contributed by atoms with Crippen LogP contribution in [0.5, 0.6) is 0 Å². The minimum atomic E-state index is -0.934. The molecule has 2 amide bonds. The van der Waals surface area contributed by atoms with Gasteiger partial charge in [-0.1, -0.05) is 78.9 Å². The number of hydrogen-bond donors (Lipinski definition) is 2. The smallest absolute Gasteiger partial charge is 0.407 e. The van der Waals surface area contributed by atoms with Gasteiger partial charge in [0, 0.05) is 31.5 Å². The molecule has 0 bridgehead atoms. The van der Waals surface area contributed by atoms with Crippen LogP contribution in [0.4, 0.5) is 4.79 Å². The molecule has 0 radical (unpaired) electrons. The van der Waals surface area contributed by atoms with Crippen LogP contribution in [0.2, 0.25) is 0 Å². The second kappa shape index (κ2) is 12.9. The molecule has 0 fully saturated rings. The van der Waals surface area contributed by atoms with Gasteiger partial charge in [-0.05, 0) is 47.6 Å². The molecule has 4 rings (SSSR count). The van der Waals surface area contributed by atoms with Gasteiger partial charge in [-0.15, -0.1) is 0 Å². The molecule has 0 aliphatic heterocycles. The Balaban J connectivity index is 1.23. The van der Waals surface area contributed by atoms with Crippen LogP contribution in [0.25, 0.3) is 11.1 Å². The first-order chi connectivity index (χ1) is 18.4. The maximum absolute atomic E-state index is 12.8. The zero-order valence-electron chi connectivity index (χ0n) is 21.6. The van der Waals surface area contributed by atoms with E-state index in [9.17, 15) is 14.4 Å². The molecular formula is C31H34N2O5. The fourth-order valence-corrected chi connectivity index (χ4v) is 4.96. The van der Waals surface area contributed by atoms with E-state index in [4.69, 9.17) is 9.84 Å². The Hall–Kier alpha value is -4.13. The summed E-state index contributed by atoms with van der Waals surface area (Å²) in [5.74, 6) is -1.03. The summed E-state index contributed by atoms with van der Waals surface area (Å²) in [4.78, 5) is 38.0. The summed E-state index contributed by atoms with van der Waals surface area (Å²) >= 11 is 0. The van der Waals surface area contributed by atoms with Crippen LogP contribution in [0.15, 0.2) is 78.9 Å². The monoisotopic (exact) mass is 514 g/mol. The van der Waals surface area contributed by atoms with Crippen molar-refractivity contribution in [3.8, 4) is 11.1 Å². The topological polar surface area (TPSA) is 95.9 Å². The predicted molar refractivity (Wildman–Crippen MR) is 146 cm³/mol. The first-order valence-corrected chi connectivity index (χ1v) is 13.1. The van der Waals surface area contributed by atoms with Gasteiger partial charge in [-0.2, -0.15) is 0 Å². The average Bonchev–Trinajstić information content (AvgIpc) is 3.24.